The summed E-state index contributed by atoms with van der Waals surface area (Å²) in [7, 11) is -6.25. The van der Waals surface area contributed by atoms with E-state index in [4.69, 9.17) is 4.52 Å². The van der Waals surface area contributed by atoms with Crippen LogP contribution in [0.2, 0.25) is 0 Å². The zero-order valence-electron chi connectivity index (χ0n) is 13.3. The highest BCUT2D eigenvalue weighted by atomic mass is 32.2. The van der Waals surface area contributed by atoms with Crippen molar-refractivity contribution in [3.8, 4) is 0 Å². The average Bonchev–Trinajstić information content (AvgIpc) is 2.78. The van der Waals surface area contributed by atoms with E-state index in [1.807, 2.05) is 0 Å². The standard InChI is InChI=1S/C14H18N2O5S2/c1-10-12(11(2)21-15-10)9-16(3)23(19,20)14-8-6-5-7-13(14)22(4,17)18/h5-8H,9H2,1-4H3. The molecule has 0 saturated heterocycles. The number of hydrogen-bond acceptors (Lipinski definition) is 6. The topological polar surface area (TPSA) is 97.6 Å². The van der Waals surface area contributed by atoms with Crippen LogP contribution in [-0.2, 0) is 26.4 Å². The van der Waals surface area contributed by atoms with Crippen molar-refractivity contribution in [2.75, 3.05) is 13.3 Å². The number of hydrogen-bond donors (Lipinski definition) is 0. The van der Waals surface area contributed by atoms with Crippen LogP contribution in [0.15, 0.2) is 38.6 Å². The monoisotopic (exact) mass is 358 g/mol. The van der Waals surface area contributed by atoms with Crippen LogP contribution in [-0.4, -0.2) is 39.6 Å². The highest BCUT2D eigenvalue weighted by Gasteiger charge is 2.28. The van der Waals surface area contributed by atoms with Gasteiger partial charge in [0.15, 0.2) is 9.84 Å². The summed E-state index contributed by atoms with van der Waals surface area (Å²) in [6, 6.07) is 5.55. The minimum absolute atomic E-state index is 0.0433. The Morgan fingerprint density at radius 1 is 1.09 bits per heavy atom. The smallest absolute Gasteiger partial charge is 0.244 e. The van der Waals surface area contributed by atoms with Gasteiger partial charge < -0.3 is 4.52 Å². The molecule has 23 heavy (non-hydrogen) atoms. The van der Waals surface area contributed by atoms with E-state index in [0.29, 0.717) is 17.0 Å². The molecule has 0 aliphatic rings. The van der Waals surface area contributed by atoms with Gasteiger partial charge in [-0.25, -0.2) is 16.8 Å². The number of sulfonamides is 1. The molecule has 0 N–H and O–H groups in total. The summed E-state index contributed by atoms with van der Waals surface area (Å²) >= 11 is 0. The van der Waals surface area contributed by atoms with E-state index in [9.17, 15) is 16.8 Å². The molecule has 0 fully saturated rings. The highest BCUT2D eigenvalue weighted by molar-refractivity contribution is 7.93. The van der Waals surface area contributed by atoms with Gasteiger partial charge in [0.05, 0.1) is 10.6 Å². The fourth-order valence-electron chi connectivity index (χ4n) is 2.17. The van der Waals surface area contributed by atoms with Crippen molar-refractivity contribution in [1.82, 2.24) is 9.46 Å². The van der Waals surface area contributed by atoms with Gasteiger partial charge >= 0.3 is 0 Å². The van der Waals surface area contributed by atoms with Crippen molar-refractivity contribution >= 4 is 19.9 Å². The number of rotatable bonds is 5. The molecule has 9 heteroatoms. The van der Waals surface area contributed by atoms with Crippen molar-refractivity contribution in [1.29, 1.82) is 0 Å². The fourth-order valence-corrected chi connectivity index (χ4v) is 4.91. The Morgan fingerprint density at radius 3 is 2.13 bits per heavy atom. The molecule has 2 aromatic rings. The molecule has 126 valence electrons. The molecule has 0 unspecified atom stereocenters. The quantitative estimate of drug-likeness (QED) is 0.804. The maximum Gasteiger partial charge on any atom is 0.244 e. The van der Waals surface area contributed by atoms with Crippen molar-refractivity contribution in [2.45, 2.75) is 30.2 Å². The van der Waals surface area contributed by atoms with E-state index >= 15 is 0 Å². The molecule has 1 heterocycles. The van der Waals surface area contributed by atoms with Gasteiger partial charge in [0.25, 0.3) is 0 Å². The van der Waals surface area contributed by atoms with Gasteiger partial charge in [-0.15, -0.1) is 0 Å². The predicted octanol–water partition coefficient (Wildman–Crippen LogP) is 1.52. The molecule has 1 aromatic heterocycles. The van der Waals surface area contributed by atoms with Crippen LogP contribution >= 0.6 is 0 Å². The van der Waals surface area contributed by atoms with Crippen molar-refractivity contribution in [3.05, 3.63) is 41.3 Å². The lowest BCUT2D eigenvalue weighted by Crippen LogP contribution is -2.28. The number of nitrogens with zero attached hydrogens (tertiary/aromatic N) is 2. The van der Waals surface area contributed by atoms with Crippen LogP contribution in [0.1, 0.15) is 17.0 Å². The average molecular weight is 358 g/mol. The van der Waals surface area contributed by atoms with E-state index in [1.165, 1.54) is 31.3 Å². The van der Waals surface area contributed by atoms with Crippen LogP contribution in [0.5, 0.6) is 0 Å². The first kappa shape index (κ1) is 17.6. The largest absolute Gasteiger partial charge is 0.361 e. The summed E-state index contributed by atoms with van der Waals surface area (Å²) < 4.78 is 55.3. The maximum absolute atomic E-state index is 12.8. The van der Waals surface area contributed by atoms with E-state index in [1.54, 1.807) is 13.8 Å². The van der Waals surface area contributed by atoms with Crippen LogP contribution < -0.4 is 0 Å². The molecular formula is C14H18N2O5S2. The van der Waals surface area contributed by atoms with Gasteiger partial charge in [0, 0.05) is 25.4 Å². The van der Waals surface area contributed by atoms with Crippen molar-refractivity contribution < 1.29 is 21.4 Å². The van der Waals surface area contributed by atoms with Crippen LogP contribution in [0.3, 0.4) is 0 Å². The number of benzene rings is 1. The van der Waals surface area contributed by atoms with E-state index < -0.39 is 19.9 Å². The molecular weight excluding hydrogens is 340 g/mol. The van der Waals surface area contributed by atoms with Gasteiger partial charge in [-0.3, -0.25) is 0 Å². The molecule has 0 saturated carbocycles. The lowest BCUT2D eigenvalue weighted by molar-refractivity contribution is 0.390. The van der Waals surface area contributed by atoms with Gasteiger partial charge in [0.2, 0.25) is 10.0 Å². The first-order valence-corrected chi connectivity index (χ1v) is 10.1. The predicted molar refractivity (Wildman–Crippen MR) is 84.2 cm³/mol. The summed E-state index contributed by atoms with van der Waals surface area (Å²) in [4.78, 5) is -0.456. The van der Waals surface area contributed by atoms with Crippen LogP contribution in [0.4, 0.5) is 0 Å². The van der Waals surface area contributed by atoms with Crippen LogP contribution in [0.25, 0.3) is 0 Å². The number of aromatic nitrogens is 1. The minimum Gasteiger partial charge on any atom is -0.361 e. The molecule has 1 aromatic carbocycles. The van der Waals surface area contributed by atoms with Crippen molar-refractivity contribution in [3.63, 3.8) is 0 Å². The van der Waals surface area contributed by atoms with Gasteiger partial charge in [0.1, 0.15) is 10.7 Å². The van der Waals surface area contributed by atoms with Gasteiger partial charge in [-0.1, -0.05) is 17.3 Å². The van der Waals surface area contributed by atoms with Gasteiger partial charge in [-0.2, -0.15) is 4.31 Å². The normalized spacial score (nSPS) is 12.7. The summed E-state index contributed by atoms with van der Waals surface area (Å²) in [6.45, 7) is 3.46. The lowest BCUT2D eigenvalue weighted by Gasteiger charge is -2.18. The second-order valence-corrected chi connectivity index (χ2v) is 9.28. The summed E-state index contributed by atoms with van der Waals surface area (Å²) in [5.74, 6) is 0.529. The molecule has 0 bridgehead atoms. The third-order valence-electron chi connectivity index (χ3n) is 3.50. The Balaban J connectivity index is 2.47. The highest BCUT2D eigenvalue weighted by Crippen LogP contribution is 2.25. The third-order valence-corrected chi connectivity index (χ3v) is 6.64. The molecule has 0 amide bonds. The maximum atomic E-state index is 12.8. The number of sulfone groups is 1. The molecule has 0 atom stereocenters. The lowest BCUT2D eigenvalue weighted by atomic mass is 10.2. The first-order chi connectivity index (χ1) is 10.5. The number of aryl methyl sites for hydroxylation is 2. The molecule has 7 nitrogen and oxygen atoms in total. The molecule has 0 spiro atoms. The summed E-state index contributed by atoms with van der Waals surface area (Å²) in [6.07, 6.45) is 0.982. The SMILES string of the molecule is Cc1noc(C)c1CN(C)S(=O)(=O)c1ccccc1S(C)(=O)=O. The van der Waals surface area contributed by atoms with E-state index in [0.717, 1.165) is 10.6 Å². The Morgan fingerprint density at radius 2 is 1.65 bits per heavy atom. The second-order valence-electron chi connectivity index (χ2n) is 5.28. The zero-order valence-corrected chi connectivity index (χ0v) is 14.9. The van der Waals surface area contributed by atoms with Gasteiger partial charge in [-0.05, 0) is 26.0 Å². The zero-order chi connectivity index (χ0) is 17.4. The molecule has 0 aliphatic carbocycles. The Kier molecular flexibility index (Phi) is 4.65. The Bertz CT molecular complexity index is 910. The van der Waals surface area contributed by atoms with Crippen molar-refractivity contribution in [2.24, 2.45) is 0 Å². The molecule has 0 radical (unpaired) electrons. The Labute approximate surface area is 135 Å². The summed E-state index contributed by atoms with van der Waals surface area (Å²) in [5.41, 5.74) is 1.26. The molecule has 0 aliphatic heterocycles. The first-order valence-electron chi connectivity index (χ1n) is 6.72. The second kappa shape index (κ2) is 6.06. The van der Waals surface area contributed by atoms with Crippen LogP contribution in [0, 0.1) is 13.8 Å². The molecule has 2 rings (SSSR count). The minimum atomic E-state index is -3.98. The Hall–Kier alpha value is -1.71. The fraction of sp³-hybridized carbons (Fsp3) is 0.357. The van der Waals surface area contributed by atoms with E-state index in [2.05, 4.69) is 5.16 Å². The van der Waals surface area contributed by atoms with E-state index in [-0.39, 0.29) is 16.3 Å². The third kappa shape index (κ3) is 3.46. The summed E-state index contributed by atoms with van der Waals surface area (Å²) in [5, 5.41) is 3.79.